The van der Waals surface area contributed by atoms with Gasteiger partial charge in [0.25, 0.3) is 0 Å². The van der Waals surface area contributed by atoms with E-state index in [2.05, 4.69) is 10.6 Å². The third-order valence-corrected chi connectivity index (χ3v) is 3.60. The number of aryl methyl sites for hydroxylation is 2. The number of hydrogen-bond donors (Lipinski definition) is 2. The molecule has 0 spiro atoms. The number of carbonyl (C=O) groups excluding carboxylic acids is 1. The van der Waals surface area contributed by atoms with Crippen molar-refractivity contribution in [3.05, 3.63) is 63.7 Å². The van der Waals surface area contributed by atoms with Crippen molar-refractivity contribution in [2.24, 2.45) is 0 Å². The molecule has 2 aromatic rings. The lowest BCUT2D eigenvalue weighted by molar-refractivity contribution is -0.137. The molecule has 7 heteroatoms. The number of nitrogens with one attached hydrogen (secondary N) is 2. The first-order valence-corrected chi connectivity index (χ1v) is 7.52. The molecule has 0 atom stereocenters. The topological polar surface area (TPSA) is 41.1 Å². The highest BCUT2D eigenvalue weighted by atomic mass is 35.5. The van der Waals surface area contributed by atoms with Crippen LogP contribution in [0.2, 0.25) is 5.02 Å². The number of carbonyl (C=O) groups is 1. The molecule has 0 heterocycles. The number of urea groups is 1. The molecule has 0 aliphatic heterocycles. The Labute approximate surface area is 142 Å². The first-order valence-electron chi connectivity index (χ1n) is 7.14. The van der Waals surface area contributed by atoms with Gasteiger partial charge in [0.1, 0.15) is 0 Å². The SMILES string of the molecule is Cc1cc(C)cc(NC(=O)NCc2ccc(Cl)c(C(F)(F)F)c2)c1. The summed E-state index contributed by atoms with van der Waals surface area (Å²) in [6.45, 7) is 3.77. The van der Waals surface area contributed by atoms with Crippen LogP contribution in [-0.4, -0.2) is 6.03 Å². The average Bonchev–Trinajstić information content (AvgIpc) is 2.44. The van der Waals surface area contributed by atoms with Gasteiger partial charge in [0.2, 0.25) is 0 Å². The zero-order chi connectivity index (χ0) is 17.9. The fourth-order valence-electron chi connectivity index (χ4n) is 2.30. The molecule has 3 nitrogen and oxygen atoms in total. The summed E-state index contributed by atoms with van der Waals surface area (Å²) in [5.41, 5.74) is 2.01. The molecule has 24 heavy (non-hydrogen) atoms. The Morgan fingerprint density at radius 2 is 1.71 bits per heavy atom. The molecule has 128 valence electrons. The van der Waals surface area contributed by atoms with Crippen LogP contribution in [0.25, 0.3) is 0 Å². The maximum Gasteiger partial charge on any atom is 0.417 e. The second-order valence-electron chi connectivity index (χ2n) is 5.50. The Hall–Kier alpha value is -2.21. The van der Waals surface area contributed by atoms with Crippen LogP contribution in [0.1, 0.15) is 22.3 Å². The maximum atomic E-state index is 12.8. The predicted octanol–water partition coefficient (Wildman–Crippen LogP) is 5.30. The first kappa shape index (κ1) is 18.1. The Kier molecular flexibility index (Phi) is 5.39. The summed E-state index contributed by atoms with van der Waals surface area (Å²) in [5, 5.41) is 4.81. The van der Waals surface area contributed by atoms with Crippen LogP contribution in [-0.2, 0) is 12.7 Å². The Balaban J connectivity index is 2.01. The van der Waals surface area contributed by atoms with E-state index in [0.29, 0.717) is 11.3 Å². The second kappa shape index (κ2) is 7.13. The van der Waals surface area contributed by atoms with Gasteiger partial charge >= 0.3 is 12.2 Å². The standard InChI is InChI=1S/C17H16ClF3N2O/c1-10-5-11(2)7-13(6-10)23-16(24)22-9-12-3-4-15(18)14(8-12)17(19,20)21/h3-8H,9H2,1-2H3,(H2,22,23,24). The van der Waals surface area contributed by atoms with Crippen molar-refractivity contribution in [3.63, 3.8) is 0 Å². The minimum atomic E-state index is -4.53. The molecular formula is C17H16ClF3N2O. The van der Waals surface area contributed by atoms with E-state index >= 15 is 0 Å². The molecule has 0 saturated heterocycles. The molecule has 0 bridgehead atoms. The summed E-state index contributed by atoms with van der Waals surface area (Å²) < 4.78 is 38.4. The normalized spacial score (nSPS) is 11.2. The highest BCUT2D eigenvalue weighted by Gasteiger charge is 2.33. The lowest BCUT2D eigenvalue weighted by Crippen LogP contribution is -2.28. The molecule has 0 aromatic heterocycles. The zero-order valence-corrected chi connectivity index (χ0v) is 13.8. The molecule has 2 aromatic carbocycles. The van der Waals surface area contributed by atoms with E-state index in [9.17, 15) is 18.0 Å². The third-order valence-electron chi connectivity index (χ3n) is 3.27. The largest absolute Gasteiger partial charge is 0.417 e. The predicted molar refractivity (Wildman–Crippen MR) is 88.2 cm³/mol. The van der Waals surface area contributed by atoms with E-state index in [1.807, 2.05) is 19.9 Å². The van der Waals surface area contributed by atoms with Crippen LogP contribution < -0.4 is 10.6 Å². The van der Waals surface area contributed by atoms with Gasteiger partial charge in [-0.15, -0.1) is 0 Å². The molecule has 0 aliphatic carbocycles. The highest BCUT2D eigenvalue weighted by Crippen LogP contribution is 2.35. The average molecular weight is 357 g/mol. The van der Waals surface area contributed by atoms with Crippen molar-refractivity contribution >= 4 is 23.3 Å². The number of alkyl halides is 3. The minimum absolute atomic E-state index is 0.0448. The summed E-state index contributed by atoms with van der Waals surface area (Å²) >= 11 is 5.56. The number of halogens is 4. The van der Waals surface area contributed by atoms with Crippen molar-refractivity contribution in [2.75, 3.05) is 5.32 Å². The van der Waals surface area contributed by atoms with Crippen molar-refractivity contribution in [2.45, 2.75) is 26.6 Å². The van der Waals surface area contributed by atoms with Crippen LogP contribution in [0.15, 0.2) is 36.4 Å². The molecule has 0 radical (unpaired) electrons. The molecule has 0 unspecified atom stereocenters. The smallest absolute Gasteiger partial charge is 0.334 e. The van der Waals surface area contributed by atoms with Crippen molar-refractivity contribution < 1.29 is 18.0 Å². The molecule has 2 amide bonds. The lowest BCUT2D eigenvalue weighted by Gasteiger charge is -2.12. The molecule has 0 saturated carbocycles. The van der Waals surface area contributed by atoms with E-state index < -0.39 is 17.8 Å². The summed E-state index contributed by atoms with van der Waals surface area (Å²) in [6, 6.07) is 8.61. The van der Waals surface area contributed by atoms with Gasteiger partial charge in [-0.05, 0) is 54.8 Å². The van der Waals surface area contributed by atoms with Gasteiger partial charge in [-0.3, -0.25) is 0 Å². The molecular weight excluding hydrogens is 341 g/mol. The Morgan fingerprint density at radius 3 is 2.29 bits per heavy atom. The number of anilines is 1. The van der Waals surface area contributed by atoms with Gasteiger partial charge in [-0.1, -0.05) is 23.7 Å². The van der Waals surface area contributed by atoms with E-state index in [0.717, 1.165) is 17.2 Å². The lowest BCUT2D eigenvalue weighted by atomic mass is 10.1. The molecule has 0 fully saturated rings. The van der Waals surface area contributed by atoms with Crippen molar-refractivity contribution in [3.8, 4) is 0 Å². The monoisotopic (exact) mass is 356 g/mol. The summed E-state index contributed by atoms with van der Waals surface area (Å²) in [5.74, 6) is 0. The van der Waals surface area contributed by atoms with Gasteiger partial charge in [0.05, 0.1) is 10.6 Å². The summed E-state index contributed by atoms with van der Waals surface area (Å²) in [7, 11) is 0. The summed E-state index contributed by atoms with van der Waals surface area (Å²) in [4.78, 5) is 11.9. The number of rotatable bonds is 3. The fourth-order valence-corrected chi connectivity index (χ4v) is 2.53. The van der Waals surface area contributed by atoms with E-state index in [-0.39, 0.29) is 11.6 Å². The first-order chi connectivity index (χ1) is 11.1. The van der Waals surface area contributed by atoms with Gasteiger partial charge in [-0.2, -0.15) is 13.2 Å². The van der Waals surface area contributed by atoms with E-state index in [1.54, 1.807) is 12.1 Å². The quantitative estimate of drug-likeness (QED) is 0.770. The third kappa shape index (κ3) is 4.89. The van der Waals surface area contributed by atoms with Gasteiger partial charge in [-0.25, -0.2) is 4.79 Å². The van der Waals surface area contributed by atoms with Crippen molar-refractivity contribution in [1.82, 2.24) is 5.32 Å². The number of benzene rings is 2. The Bertz CT molecular complexity index is 740. The number of hydrogen-bond acceptors (Lipinski definition) is 1. The maximum absolute atomic E-state index is 12.8. The zero-order valence-electron chi connectivity index (χ0n) is 13.1. The van der Waals surface area contributed by atoms with Crippen LogP contribution in [0.5, 0.6) is 0 Å². The molecule has 2 rings (SSSR count). The van der Waals surface area contributed by atoms with E-state index in [4.69, 9.17) is 11.6 Å². The highest BCUT2D eigenvalue weighted by molar-refractivity contribution is 6.31. The van der Waals surface area contributed by atoms with E-state index in [1.165, 1.54) is 12.1 Å². The van der Waals surface area contributed by atoms with Gasteiger partial charge in [0, 0.05) is 12.2 Å². The minimum Gasteiger partial charge on any atom is -0.334 e. The molecule has 2 N–H and O–H groups in total. The Morgan fingerprint density at radius 1 is 1.08 bits per heavy atom. The summed E-state index contributed by atoms with van der Waals surface area (Å²) in [6.07, 6.45) is -4.53. The van der Waals surface area contributed by atoms with Crippen LogP contribution in [0, 0.1) is 13.8 Å². The number of amides is 2. The molecule has 0 aliphatic rings. The fraction of sp³-hybridized carbons (Fsp3) is 0.235. The van der Waals surface area contributed by atoms with Crippen LogP contribution in [0.3, 0.4) is 0 Å². The van der Waals surface area contributed by atoms with Gasteiger partial charge in [0.15, 0.2) is 0 Å². The second-order valence-corrected chi connectivity index (χ2v) is 5.90. The van der Waals surface area contributed by atoms with Crippen LogP contribution >= 0.6 is 11.6 Å². The van der Waals surface area contributed by atoms with Gasteiger partial charge < -0.3 is 10.6 Å². The van der Waals surface area contributed by atoms with Crippen molar-refractivity contribution in [1.29, 1.82) is 0 Å². The van der Waals surface area contributed by atoms with Crippen LogP contribution in [0.4, 0.5) is 23.7 Å².